The van der Waals surface area contributed by atoms with Gasteiger partial charge >= 0.3 is 5.97 Å². The molecule has 1 aliphatic rings. The van der Waals surface area contributed by atoms with Crippen LogP contribution in [-0.4, -0.2) is 48.0 Å². The van der Waals surface area contributed by atoms with Gasteiger partial charge in [-0.3, -0.25) is 4.79 Å². The summed E-state index contributed by atoms with van der Waals surface area (Å²) in [6.07, 6.45) is -0.428. The maximum atomic E-state index is 13.5. The van der Waals surface area contributed by atoms with Gasteiger partial charge in [-0.1, -0.05) is 28.1 Å². The van der Waals surface area contributed by atoms with Crippen molar-refractivity contribution in [2.75, 3.05) is 20.3 Å². The van der Waals surface area contributed by atoms with Crippen molar-refractivity contribution < 1.29 is 38.4 Å². The summed E-state index contributed by atoms with van der Waals surface area (Å²) in [5, 5.41) is 21.3. The molecule has 1 aliphatic heterocycles. The largest absolute Gasteiger partial charge is 0.493 e. The molecule has 0 unspecified atom stereocenters. The number of hydrogen-bond acceptors (Lipinski definition) is 6. The third-order valence-corrected chi connectivity index (χ3v) is 6.04. The number of methoxy groups -OCH3 is 1. The zero-order chi connectivity index (χ0) is 24.9. The van der Waals surface area contributed by atoms with Gasteiger partial charge in [-0.25, -0.2) is 9.18 Å². The number of carbonyl (C=O) groups is 2. The van der Waals surface area contributed by atoms with E-state index in [9.17, 15) is 14.0 Å². The Morgan fingerprint density at radius 1 is 1.24 bits per heavy atom. The highest BCUT2D eigenvalue weighted by Crippen LogP contribution is 2.48. The second-order valence-electron chi connectivity index (χ2n) is 8.36. The standard InChI is InChI=1S/C24H27BrFNO7/c1-24(27-21(29)7-8-28)11-19(14-3-5-16(26)6-4-14)34-20(12-24)17-9-15(25)10-18(32-2)23(17)33-13-22(30)31/h3-6,9-10,19-20,28H,7-8,11-13H2,1-2H3,(H,27,29)(H,30,31)/t19-,20+,24+/m0/s1. The van der Waals surface area contributed by atoms with E-state index >= 15 is 0 Å². The average molecular weight is 540 g/mol. The van der Waals surface area contributed by atoms with Crippen LogP contribution in [0.5, 0.6) is 11.5 Å². The maximum Gasteiger partial charge on any atom is 0.341 e. The Kier molecular flexibility index (Phi) is 8.51. The van der Waals surface area contributed by atoms with Crippen LogP contribution in [0.4, 0.5) is 4.39 Å². The van der Waals surface area contributed by atoms with Crippen molar-refractivity contribution in [3.05, 3.63) is 57.8 Å². The van der Waals surface area contributed by atoms with Gasteiger partial charge in [-0.2, -0.15) is 0 Å². The highest BCUT2D eigenvalue weighted by Gasteiger charge is 2.41. The Morgan fingerprint density at radius 2 is 1.91 bits per heavy atom. The van der Waals surface area contributed by atoms with Gasteiger partial charge in [0.15, 0.2) is 18.1 Å². The van der Waals surface area contributed by atoms with E-state index < -0.39 is 30.3 Å². The molecule has 1 fully saturated rings. The molecule has 34 heavy (non-hydrogen) atoms. The molecule has 0 spiro atoms. The molecular formula is C24H27BrFNO7. The Bertz CT molecular complexity index is 1030. The van der Waals surface area contributed by atoms with E-state index in [1.54, 1.807) is 24.3 Å². The van der Waals surface area contributed by atoms with Crippen LogP contribution in [-0.2, 0) is 14.3 Å². The normalized spacial score (nSPS) is 22.1. The lowest BCUT2D eigenvalue weighted by atomic mass is 9.81. The molecule has 1 saturated heterocycles. The summed E-state index contributed by atoms with van der Waals surface area (Å²) in [4.78, 5) is 23.5. The van der Waals surface area contributed by atoms with Crippen LogP contribution in [0.1, 0.15) is 49.5 Å². The number of ether oxygens (including phenoxy) is 3. The zero-order valence-corrected chi connectivity index (χ0v) is 20.4. The molecule has 1 heterocycles. The van der Waals surface area contributed by atoms with Crippen LogP contribution in [0.15, 0.2) is 40.9 Å². The van der Waals surface area contributed by atoms with Gasteiger partial charge in [-0.15, -0.1) is 0 Å². The van der Waals surface area contributed by atoms with E-state index in [0.29, 0.717) is 28.6 Å². The van der Waals surface area contributed by atoms with E-state index in [2.05, 4.69) is 21.2 Å². The molecule has 10 heteroatoms. The van der Waals surface area contributed by atoms with Gasteiger partial charge in [-0.05, 0) is 36.8 Å². The second-order valence-corrected chi connectivity index (χ2v) is 9.28. The van der Waals surface area contributed by atoms with Crippen molar-refractivity contribution in [1.29, 1.82) is 0 Å². The highest BCUT2D eigenvalue weighted by atomic mass is 79.9. The number of benzene rings is 2. The number of carboxylic acid groups (broad SMARTS) is 1. The van der Waals surface area contributed by atoms with Crippen LogP contribution in [0, 0.1) is 5.82 Å². The van der Waals surface area contributed by atoms with Crippen molar-refractivity contribution in [2.24, 2.45) is 0 Å². The van der Waals surface area contributed by atoms with Crippen LogP contribution >= 0.6 is 15.9 Å². The van der Waals surface area contributed by atoms with Crippen LogP contribution in [0.3, 0.4) is 0 Å². The van der Waals surface area contributed by atoms with Crippen molar-refractivity contribution in [2.45, 2.75) is 43.9 Å². The molecule has 8 nitrogen and oxygen atoms in total. The van der Waals surface area contributed by atoms with Crippen LogP contribution < -0.4 is 14.8 Å². The summed E-state index contributed by atoms with van der Waals surface area (Å²) >= 11 is 3.45. The van der Waals surface area contributed by atoms with E-state index in [-0.39, 0.29) is 30.5 Å². The van der Waals surface area contributed by atoms with E-state index in [0.717, 1.165) is 5.56 Å². The van der Waals surface area contributed by atoms with Gasteiger partial charge in [0.2, 0.25) is 5.91 Å². The molecule has 0 radical (unpaired) electrons. The quantitative estimate of drug-likeness (QED) is 0.442. The predicted octanol–water partition coefficient (Wildman–Crippen LogP) is 3.91. The summed E-state index contributed by atoms with van der Waals surface area (Å²) in [7, 11) is 1.45. The number of nitrogens with one attached hydrogen (secondary N) is 1. The lowest BCUT2D eigenvalue weighted by Crippen LogP contribution is -2.51. The zero-order valence-electron chi connectivity index (χ0n) is 18.8. The first-order valence-corrected chi connectivity index (χ1v) is 11.5. The summed E-state index contributed by atoms with van der Waals surface area (Å²) in [5.74, 6) is -1.29. The number of aliphatic hydroxyl groups excluding tert-OH is 1. The first-order chi connectivity index (χ1) is 16.1. The molecule has 2 aromatic rings. The lowest BCUT2D eigenvalue weighted by Gasteiger charge is -2.43. The monoisotopic (exact) mass is 539 g/mol. The topological polar surface area (TPSA) is 114 Å². The number of carbonyl (C=O) groups excluding carboxylic acids is 1. The molecule has 0 bridgehead atoms. The molecule has 3 rings (SSSR count). The molecule has 0 aromatic heterocycles. The fourth-order valence-corrected chi connectivity index (χ4v) is 4.58. The third kappa shape index (κ3) is 6.46. The minimum atomic E-state index is -1.15. The Morgan fingerprint density at radius 3 is 2.53 bits per heavy atom. The number of hydrogen-bond donors (Lipinski definition) is 3. The number of carboxylic acids is 1. The van der Waals surface area contributed by atoms with Crippen molar-refractivity contribution in [1.82, 2.24) is 5.32 Å². The number of aliphatic carboxylic acids is 1. The SMILES string of the molecule is COc1cc(Br)cc([C@H]2C[C@](C)(NC(=O)CCO)C[C@@H](c3ccc(F)cc3)O2)c1OCC(=O)O. The Labute approximate surface area is 205 Å². The molecule has 2 aromatic carbocycles. The van der Waals surface area contributed by atoms with E-state index in [4.69, 9.17) is 24.4 Å². The van der Waals surface area contributed by atoms with Crippen molar-refractivity contribution in [3.63, 3.8) is 0 Å². The number of halogens is 2. The predicted molar refractivity (Wildman–Crippen MR) is 124 cm³/mol. The Balaban J connectivity index is 2.04. The average Bonchev–Trinajstić information content (AvgIpc) is 2.77. The van der Waals surface area contributed by atoms with E-state index in [1.807, 2.05) is 6.92 Å². The molecular weight excluding hydrogens is 513 g/mol. The van der Waals surface area contributed by atoms with Gasteiger partial charge in [0, 0.05) is 34.8 Å². The first-order valence-electron chi connectivity index (χ1n) is 10.7. The summed E-state index contributed by atoms with van der Waals surface area (Å²) < 4.78 is 31.6. The number of rotatable bonds is 9. The summed E-state index contributed by atoms with van der Waals surface area (Å²) in [6, 6.07) is 9.35. The number of aliphatic hydroxyl groups is 1. The van der Waals surface area contributed by atoms with Crippen LogP contribution in [0.25, 0.3) is 0 Å². The minimum absolute atomic E-state index is 0.0417. The molecule has 1 amide bonds. The van der Waals surface area contributed by atoms with Gasteiger partial charge in [0.1, 0.15) is 5.82 Å². The van der Waals surface area contributed by atoms with Crippen LogP contribution in [0.2, 0.25) is 0 Å². The smallest absolute Gasteiger partial charge is 0.341 e. The van der Waals surface area contributed by atoms with Gasteiger partial charge < -0.3 is 29.7 Å². The third-order valence-electron chi connectivity index (χ3n) is 5.58. The summed E-state index contributed by atoms with van der Waals surface area (Å²) in [5.41, 5.74) is 0.527. The fraction of sp³-hybridized carbons (Fsp3) is 0.417. The molecule has 0 aliphatic carbocycles. The van der Waals surface area contributed by atoms with Gasteiger partial charge in [0.25, 0.3) is 0 Å². The minimum Gasteiger partial charge on any atom is -0.493 e. The van der Waals surface area contributed by atoms with E-state index in [1.165, 1.54) is 19.2 Å². The van der Waals surface area contributed by atoms with Crippen molar-refractivity contribution in [3.8, 4) is 11.5 Å². The first kappa shape index (κ1) is 25.9. The molecule has 3 N–H and O–H groups in total. The van der Waals surface area contributed by atoms with Crippen molar-refractivity contribution >= 4 is 27.8 Å². The molecule has 3 atom stereocenters. The fourth-order valence-electron chi connectivity index (χ4n) is 4.12. The Hall–Kier alpha value is -2.69. The highest BCUT2D eigenvalue weighted by molar-refractivity contribution is 9.10. The number of amides is 1. The maximum absolute atomic E-state index is 13.5. The molecule has 184 valence electrons. The van der Waals surface area contributed by atoms with Gasteiger partial charge in [0.05, 0.1) is 25.9 Å². The summed E-state index contributed by atoms with van der Waals surface area (Å²) in [6.45, 7) is 1.02. The lowest BCUT2D eigenvalue weighted by molar-refractivity contribution is -0.139. The second kappa shape index (κ2) is 11.2. The molecule has 0 saturated carbocycles.